The highest BCUT2D eigenvalue weighted by atomic mass is 33.1. The second-order valence-corrected chi connectivity index (χ2v) is 10.9. The first-order valence-electron chi connectivity index (χ1n) is 5.87. The lowest BCUT2D eigenvalue weighted by Gasteiger charge is -2.20. The summed E-state index contributed by atoms with van der Waals surface area (Å²) in [4.78, 5) is 2.33. The standard InChI is InChI=1S/C10H24NO2PS2/c1-5-11(6-2)9-10-16-14(12,13-7-3)15-8-4/h5-10H2,1-4H3. The average molecular weight is 285 g/mol. The number of nitrogens with zero attached hydrogens (tertiary/aromatic N) is 1. The molecule has 0 saturated carbocycles. The monoisotopic (exact) mass is 285 g/mol. The molecule has 0 radical (unpaired) electrons. The van der Waals surface area contributed by atoms with Crippen molar-refractivity contribution in [3.8, 4) is 0 Å². The third-order valence-electron chi connectivity index (χ3n) is 2.13. The zero-order valence-corrected chi connectivity index (χ0v) is 13.3. The third-order valence-corrected chi connectivity index (χ3v) is 9.71. The minimum Gasteiger partial charge on any atom is -0.314 e. The van der Waals surface area contributed by atoms with Crippen molar-refractivity contribution >= 4 is 28.5 Å². The van der Waals surface area contributed by atoms with Gasteiger partial charge in [-0.05, 0) is 20.0 Å². The highest BCUT2D eigenvalue weighted by Gasteiger charge is 2.23. The van der Waals surface area contributed by atoms with E-state index in [1.165, 1.54) is 22.8 Å². The Balaban J connectivity index is 3.97. The molecule has 0 aliphatic rings. The summed E-state index contributed by atoms with van der Waals surface area (Å²) < 4.78 is 17.6. The van der Waals surface area contributed by atoms with Crippen LogP contribution < -0.4 is 0 Å². The van der Waals surface area contributed by atoms with E-state index >= 15 is 0 Å². The summed E-state index contributed by atoms with van der Waals surface area (Å²) in [7, 11) is 0. The molecule has 1 unspecified atom stereocenters. The van der Waals surface area contributed by atoms with Crippen molar-refractivity contribution in [1.82, 2.24) is 4.90 Å². The Bertz CT molecular complexity index is 203. The lowest BCUT2D eigenvalue weighted by molar-refractivity contribution is 0.323. The van der Waals surface area contributed by atoms with Gasteiger partial charge in [0, 0.05) is 18.1 Å². The van der Waals surface area contributed by atoms with E-state index in [9.17, 15) is 4.57 Å². The van der Waals surface area contributed by atoms with Gasteiger partial charge in [-0.25, -0.2) is 0 Å². The average Bonchev–Trinajstić information content (AvgIpc) is 2.25. The minimum absolute atomic E-state index is 0.530. The number of rotatable bonds is 10. The molecule has 0 bridgehead atoms. The summed E-state index contributed by atoms with van der Waals surface area (Å²) in [6, 6.07) is 0. The summed E-state index contributed by atoms with van der Waals surface area (Å²) in [6.45, 7) is 11.8. The second kappa shape index (κ2) is 9.84. The van der Waals surface area contributed by atoms with Gasteiger partial charge < -0.3 is 9.42 Å². The zero-order valence-electron chi connectivity index (χ0n) is 10.8. The van der Waals surface area contributed by atoms with E-state index in [2.05, 4.69) is 18.7 Å². The van der Waals surface area contributed by atoms with Gasteiger partial charge in [-0.1, -0.05) is 43.5 Å². The molecule has 6 heteroatoms. The molecule has 0 aromatic rings. The van der Waals surface area contributed by atoms with Crippen molar-refractivity contribution in [2.45, 2.75) is 27.7 Å². The molecule has 0 aliphatic heterocycles. The maximum absolute atomic E-state index is 12.3. The van der Waals surface area contributed by atoms with E-state index in [-0.39, 0.29) is 0 Å². The Morgan fingerprint density at radius 1 is 1.12 bits per heavy atom. The van der Waals surface area contributed by atoms with Crippen molar-refractivity contribution in [3.05, 3.63) is 0 Å². The normalized spacial score (nSPS) is 15.3. The van der Waals surface area contributed by atoms with Crippen LogP contribution in [0.15, 0.2) is 0 Å². The number of hydrogen-bond acceptors (Lipinski definition) is 5. The predicted octanol–water partition coefficient (Wildman–Crippen LogP) is 3.96. The Morgan fingerprint density at radius 3 is 2.19 bits per heavy atom. The summed E-state index contributed by atoms with van der Waals surface area (Å²) >= 11 is 2.93. The largest absolute Gasteiger partial charge is 0.314 e. The van der Waals surface area contributed by atoms with Gasteiger partial charge in [0.25, 0.3) is 0 Å². The Morgan fingerprint density at radius 2 is 1.75 bits per heavy atom. The van der Waals surface area contributed by atoms with Crippen LogP contribution in [0, 0.1) is 0 Å². The van der Waals surface area contributed by atoms with Crippen LogP contribution in [-0.4, -0.2) is 42.6 Å². The molecule has 0 aromatic heterocycles. The first-order valence-corrected chi connectivity index (χ1v) is 10.7. The van der Waals surface area contributed by atoms with E-state index in [0.29, 0.717) is 6.61 Å². The highest BCUT2D eigenvalue weighted by molar-refractivity contribution is 8.89. The first-order chi connectivity index (χ1) is 7.61. The Hall–Kier alpha value is 0.850. The van der Waals surface area contributed by atoms with Crippen molar-refractivity contribution in [2.24, 2.45) is 0 Å². The molecule has 0 fully saturated rings. The van der Waals surface area contributed by atoms with Crippen LogP contribution >= 0.6 is 28.5 Å². The van der Waals surface area contributed by atoms with E-state index in [1.54, 1.807) is 0 Å². The molecule has 0 aromatic carbocycles. The van der Waals surface area contributed by atoms with E-state index in [1.807, 2.05) is 13.8 Å². The van der Waals surface area contributed by atoms with Gasteiger partial charge in [0.05, 0.1) is 6.61 Å². The summed E-state index contributed by atoms with van der Waals surface area (Å²) in [5.41, 5.74) is 0. The first kappa shape index (κ1) is 16.9. The maximum atomic E-state index is 12.3. The fraction of sp³-hybridized carbons (Fsp3) is 1.00. The van der Waals surface area contributed by atoms with Gasteiger partial charge in [-0.2, -0.15) is 0 Å². The lowest BCUT2D eigenvalue weighted by atomic mass is 10.5. The Labute approximate surface area is 108 Å². The quantitative estimate of drug-likeness (QED) is 0.567. The van der Waals surface area contributed by atoms with Crippen LogP contribution in [0.2, 0.25) is 0 Å². The molecule has 0 spiro atoms. The van der Waals surface area contributed by atoms with Crippen LogP contribution in [0.25, 0.3) is 0 Å². The molecular weight excluding hydrogens is 261 g/mol. The van der Waals surface area contributed by atoms with Gasteiger partial charge in [-0.15, -0.1) is 0 Å². The predicted molar refractivity (Wildman–Crippen MR) is 77.6 cm³/mol. The minimum atomic E-state index is -2.49. The second-order valence-electron chi connectivity index (χ2n) is 3.14. The van der Waals surface area contributed by atoms with Crippen LogP contribution in [-0.2, 0) is 9.09 Å². The topological polar surface area (TPSA) is 29.5 Å². The van der Waals surface area contributed by atoms with Crippen LogP contribution in [0.4, 0.5) is 0 Å². The van der Waals surface area contributed by atoms with Crippen molar-refractivity contribution in [2.75, 3.05) is 37.7 Å². The molecule has 1 atom stereocenters. The SMILES string of the molecule is CCOP(=O)(SCC)SCCN(CC)CC. The van der Waals surface area contributed by atoms with E-state index in [0.717, 1.165) is 31.1 Å². The molecule has 0 amide bonds. The van der Waals surface area contributed by atoms with Gasteiger partial charge in [0.2, 0.25) is 0 Å². The van der Waals surface area contributed by atoms with Gasteiger partial charge in [0.1, 0.15) is 0 Å². The van der Waals surface area contributed by atoms with Crippen LogP contribution in [0.3, 0.4) is 0 Å². The zero-order chi connectivity index (χ0) is 12.4. The Kier molecular flexibility index (Phi) is 10.4. The van der Waals surface area contributed by atoms with Crippen molar-refractivity contribution in [3.63, 3.8) is 0 Å². The molecule has 0 saturated heterocycles. The van der Waals surface area contributed by atoms with Crippen LogP contribution in [0.1, 0.15) is 27.7 Å². The fourth-order valence-electron chi connectivity index (χ4n) is 1.25. The summed E-state index contributed by atoms with van der Waals surface area (Å²) in [6.07, 6.45) is 0. The summed E-state index contributed by atoms with van der Waals surface area (Å²) in [5.74, 6) is -0.766. The van der Waals surface area contributed by atoms with Crippen LogP contribution in [0.5, 0.6) is 0 Å². The van der Waals surface area contributed by atoms with Gasteiger partial charge >= 0.3 is 5.77 Å². The third kappa shape index (κ3) is 7.23. The number of hydrogen-bond donors (Lipinski definition) is 0. The highest BCUT2D eigenvalue weighted by Crippen LogP contribution is 2.69. The summed E-state index contributed by atoms with van der Waals surface area (Å²) in [5, 5.41) is 0. The molecule has 3 nitrogen and oxygen atoms in total. The van der Waals surface area contributed by atoms with Gasteiger partial charge in [-0.3, -0.25) is 4.57 Å². The van der Waals surface area contributed by atoms with Crippen molar-refractivity contribution < 1.29 is 9.09 Å². The molecular formula is C10H24NO2PS2. The van der Waals surface area contributed by atoms with Gasteiger partial charge in [0.15, 0.2) is 0 Å². The lowest BCUT2D eigenvalue weighted by Crippen LogP contribution is -2.25. The molecule has 16 heavy (non-hydrogen) atoms. The molecule has 0 aliphatic carbocycles. The smallest absolute Gasteiger partial charge is 0.313 e. The fourth-order valence-corrected chi connectivity index (χ4v) is 8.13. The molecule has 0 rings (SSSR count). The van der Waals surface area contributed by atoms with E-state index in [4.69, 9.17) is 4.52 Å². The maximum Gasteiger partial charge on any atom is 0.313 e. The van der Waals surface area contributed by atoms with E-state index < -0.39 is 5.77 Å². The molecule has 0 N–H and O–H groups in total. The molecule has 98 valence electrons. The van der Waals surface area contributed by atoms with Crippen molar-refractivity contribution in [1.29, 1.82) is 0 Å². The molecule has 0 heterocycles.